The molecule has 0 fully saturated rings. The molecule has 0 aliphatic heterocycles. The van der Waals surface area contributed by atoms with E-state index in [1.165, 1.54) is 42.6 Å². The van der Waals surface area contributed by atoms with Crippen LogP contribution >= 0.6 is 11.3 Å². The maximum absolute atomic E-state index is 5.23. The molecule has 0 unspecified atom stereocenters. The molecule has 1 aliphatic rings. The first-order valence-electron chi connectivity index (χ1n) is 11.8. The monoisotopic (exact) mass is 448 g/mol. The second kappa shape index (κ2) is 6.98. The summed E-state index contributed by atoms with van der Waals surface area (Å²) in [4.78, 5) is 10.3. The summed E-state index contributed by atoms with van der Waals surface area (Å²) >= 11 is 1.80. The Morgan fingerprint density at radius 3 is 2.39 bits per heavy atom. The highest BCUT2D eigenvalue weighted by atomic mass is 32.1. The van der Waals surface area contributed by atoms with Gasteiger partial charge in [-0.3, -0.25) is 0 Å². The van der Waals surface area contributed by atoms with Crippen molar-refractivity contribution in [1.29, 1.82) is 0 Å². The number of rotatable bonds is 3. The number of hydrogen-bond acceptors (Lipinski definition) is 3. The Hall–Kier alpha value is -3.04. The molecule has 1 aliphatic carbocycles. The zero-order chi connectivity index (χ0) is 23.0. The van der Waals surface area contributed by atoms with E-state index in [1.54, 1.807) is 11.3 Å². The summed E-state index contributed by atoms with van der Waals surface area (Å²) in [6.07, 6.45) is 0.992. The molecule has 0 spiro atoms. The Labute approximate surface area is 199 Å². The molecule has 0 amide bonds. The van der Waals surface area contributed by atoms with Crippen molar-refractivity contribution in [2.24, 2.45) is 0 Å². The quantitative estimate of drug-likeness (QED) is 0.276. The van der Waals surface area contributed by atoms with Gasteiger partial charge in [0.15, 0.2) is 0 Å². The van der Waals surface area contributed by atoms with Gasteiger partial charge in [-0.15, -0.1) is 11.3 Å². The van der Waals surface area contributed by atoms with Crippen molar-refractivity contribution < 1.29 is 0 Å². The third-order valence-corrected chi connectivity index (χ3v) is 8.73. The largest absolute Gasteiger partial charge is 0.231 e. The van der Waals surface area contributed by atoms with Gasteiger partial charge in [-0.1, -0.05) is 89.2 Å². The van der Waals surface area contributed by atoms with Crippen LogP contribution in [0.5, 0.6) is 0 Å². The van der Waals surface area contributed by atoms with Gasteiger partial charge in [-0.25, -0.2) is 9.97 Å². The fraction of sp³-hybridized carbons (Fsp3) is 0.267. The molecule has 5 aromatic rings. The highest BCUT2D eigenvalue weighted by molar-refractivity contribution is 7.26. The van der Waals surface area contributed by atoms with Gasteiger partial charge in [0.25, 0.3) is 0 Å². The molecule has 2 aromatic heterocycles. The first kappa shape index (κ1) is 20.6. The Kier molecular flexibility index (Phi) is 4.35. The lowest BCUT2D eigenvalue weighted by Crippen LogP contribution is -2.20. The normalized spacial score (nSPS) is 14.6. The van der Waals surface area contributed by atoms with E-state index >= 15 is 0 Å². The molecule has 0 saturated heterocycles. The molecule has 3 aromatic carbocycles. The molecule has 33 heavy (non-hydrogen) atoms. The van der Waals surface area contributed by atoms with Gasteiger partial charge in [0, 0.05) is 26.5 Å². The molecule has 0 radical (unpaired) electrons. The number of nitrogens with zero attached hydrogens (tertiary/aromatic N) is 2. The second-order valence-electron chi connectivity index (χ2n) is 10.3. The smallest absolute Gasteiger partial charge is 0.135 e. The Bertz CT molecular complexity index is 1550. The first-order valence-corrected chi connectivity index (χ1v) is 12.6. The van der Waals surface area contributed by atoms with Crippen LogP contribution in [0.1, 0.15) is 58.0 Å². The number of aromatic nitrogens is 2. The zero-order valence-corrected chi connectivity index (χ0v) is 20.7. The van der Waals surface area contributed by atoms with Crippen molar-refractivity contribution in [2.45, 2.75) is 51.9 Å². The Balaban J connectivity index is 1.66. The van der Waals surface area contributed by atoms with Crippen LogP contribution in [-0.4, -0.2) is 9.97 Å². The number of thiophene rings is 1. The SMILES string of the molecule is CCC(C)(C)c1nc(-c2ccc3c(c2)-c2ccccc2C3(C)C)c2sc3ccccc3c2n1. The lowest BCUT2D eigenvalue weighted by atomic mass is 9.82. The van der Waals surface area contributed by atoms with E-state index in [-0.39, 0.29) is 10.8 Å². The van der Waals surface area contributed by atoms with E-state index in [1.807, 2.05) is 0 Å². The molecule has 0 bridgehead atoms. The van der Waals surface area contributed by atoms with Crippen molar-refractivity contribution in [3.63, 3.8) is 0 Å². The van der Waals surface area contributed by atoms with Crippen molar-refractivity contribution in [1.82, 2.24) is 9.97 Å². The van der Waals surface area contributed by atoms with Gasteiger partial charge in [0.05, 0.1) is 15.9 Å². The molecule has 6 rings (SSSR count). The minimum atomic E-state index is -0.0860. The molecular formula is C30H28N2S. The predicted molar refractivity (Wildman–Crippen MR) is 141 cm³/mol. The van der Waals surface area contributed by atoms with Crippen LogP contribution < -0.4 is 0 Å². The fourth-order valence-electron chi connectivity index (χ4n) is 5.11. The predicted octanol–water partition coefficient (Wildman–Crippen LogP) is 8.51. The van der Waals surface area contributed by atoms with Crippen LogP contribution in [0.2, 0.25) is 0 Å². The van der Waals surface area contributed by atoms with Crippen LogP contribution in [0.4, 0.5) is 0 Å². The van der Waals surface area contributed by atoms with E-state index < -0.39 is 0 Å². The number of benzene rings is 3. The minimum absolute atomic E-state index is 0.0123. The lowest BCUT2D eigenvalue weighted by molar-refractivity contribution is 0.475. The van der Waals surface area contributed by atoms with E-state index in [0.717, 1.165) is 23.5 Å². The average Bonchev–Trinajstić information content (AvgIpc) is 3.31. The van der Waals surface area contributed by atoms with Gasteiger partial charge in [-0.05, 0) is 40.8 Å². The summed E-state index contributed by atoms with van der Waals surface area (Å²) in [5, 5.41) is 1.22. The Morgan fingerprint density at radius 2 is 1.58 bits per heavy atom. The molecule has 0 saturated carbocycles. The molecule has 0 atom stereocenters. The van der Waals surface area contributed by atoms with Crippen molar-refractivity contribution in [3.8, 4) is 22.4 Å². The van der Waals surface area contributed by atoms with E-state index in [2.05, 4.69) is 101 Å². The zero-order valence-electron chi connectivity index (χ0n) is 19.9. The summed E-state index contributed by atoms with van der Waals surface area (Å²) in [6, 6.07) is 24.4. The average molecular weight is 449 g/mol. The van der Waals surface area contributed by atoms with Crippen molar-refractivity contribution in [2.75, 3.05) is 0 Å². The van der Waals surface area contributed by atoms with Gasteiger partial charge in [0.2, 0.25) is 0 Å². The molecule has 164 valence electrons. The van der Waals surface area contributed by atoms with Crippen LogP contribution in [0.25, 0.3) is 42.7 Å². The summed E-state index contributed by atoms with van der Waals surface area (Å²) in [5.41, 5.74) is 8.71. The van der Waals surface area contributed by atoms with E-state index in [0.29, 0.717) is 0 Å². The van der Waals surface area contributed by atoms with Gasteiger partial charge >= 0.3 is 0 Å². The summed E-state index contributed by atoms with van der Waals surface area (Å²) < 4.78 is 2.44. The third kappa shape index (κ3) is 2.92. The molecule has 0 N–H and O–H groups in total. The van der Waals surface area contributed by atoms with Crippen molar-refractivity contribution in [3.05, 3.63) is 83.7 Å². The summed E-state index contributed by atoms with van der Waals surface area (Å²) in [5.74, 6) is 0.928. The minimum Gasteiger partial charge on any atom is -0.231 e. The molecular weight excluding hydrogens is 420 g/mol. The highest BCUT2D eigenvalue weighted by Crippen LogP contribution is 2.50. The van der Waals surface area contributed by atoms with E-state index in [9.17, 15) is 0 Å². The van der Waals surface area contributed by atoms with Crippen LogP contribution in [0.3, 0.4) is 0 Å². The van der Waals surface area contributed by atoms with Gasteiger partial charge < -0.3 is 0 Å². The topological polar surface area (TPSA) is 25.8 Å². The maximum Gasteiger partial charge on any atom is 0.135 e. The van der Waals surface area contributed by atoms with Crippen LogP contribution in [0.15, 0.2) is 66.7 Å². The third-order valence-electron chi connectivity index (χ3n) is 7.57. The Morgan fingerprint density at radius 1 is 0.848 bits per heavy atom. The van der Waals surface area contributed by atoms with Crippen LogP contribution in [0, 0.1) is 0 Å². The molecule has 3 heteroatoms. The lowest BCUT2D eigenvalue weighted by Gasteiger charge is -2.22. The van der Waals surface area contributed by atoms with Crippen LogP contribution in [-0.2, 0) is 10.8 Å². The standard InChI is InChI=1S/C30H28N2S/c1-6-29(2,3)28-31-25(27-26(32-28)20-12-8-10-14-24(20)33-27)18-15-16-23-21(17-18)19-11-7-9-13-22(19)30(23,4)5/h7-17H,6H2,1-5H3. The first-order chi connectivity index (χ1) is 15.8. The molecule has 2 heterocycles. The van der Waals surface area contributed by atoms with Gasteiger partial charge in [0.1, 0.15) is 5.82 Å². The number of fused-ring (bicyclic) bond motifs is 6. The van der Waals surface area contributed by atoms with Gasteiger partial charge in [-0.2, -0.15) is 0 Å². The second-order valence-corrected chi connectivity index (χ2v) is 11.4. The number of hydrogen-bond donors (Lipinski definition) is 0. The summed E-state index contributed by atoms with van der Waals surface area (Å²) in [6.45, 7) is 11.4. The maximum atomic E-state index is 5.23. The fourth-order valence-corrected chi connectivity index (χ4v) is 6.27. The molecule has 2 nitrogen and oxygen atoms in total. The van der Waals surface area contributed by atoms with E-state index in [4.69, 9.17) is 9.97 Å². The summed E-state index contributed by atoms with van der Waals surface area (Å²) in [7, 11) is 0. The van der Waals surface area contributed by atoms with Crippen molar-refractivity contribution >= 4 is 31.6 Å². The highest BCUT2D eigenvalue weighted by Gasteiger charge is 2.35.